The molecule has 0 unspecified atom stereocenters. The molecular formula is C17H15F3N2O2S. The van der Waals surface area contributed by atoms with Gasteiger partial charge < -0.3 is 10.6 Å². The third kappa shape index (κ3) is 3.53. The Bertz CT molecular complexity index is 843. The Hall–Kier alpha value is -2.35. The first kappa shape index (κ1) is 17.5. The fourth-order valence-corrected chi connectivity index (χ4v) is 4.09. The van der Waals surface area contributed by atoms with Gasteiger partial charge in [0.05, 0.1) is 5.56 Å². The van der Waals surface area contributed by atoms with Crippen LogP contribution in [0.5, 0.6) is 0 Å². The number of anilines is 2. The summed E-state index contributed by atoms with van der Waals surface area (Å²) in [5, 5.41) is 4.54. The standard InChI is InChI=1S/C17H15F3N2O2S/c1-9-5-2-3-7-11(9)21-14(23)13-10-6-4-8-12(10)25-15(13)22-16(24)17(18,19)20/h2-3,5,7H,4,6,8H2,1H3,(H,21,23)(H,22,24). The number of hydrogen-bond donors (Lipinski definition) is 2. The van der Waals surface area contributed by atoms with Gasteiger partial charge in [-0.2, -0.15) is 13.2 Å². The van der Waals surface area contributed by atoms with Crippen LogP contribution in [-0.2, 0) is 17.6 Å². The normalized spacial score (nSPS) is 13.4. The van der Waals surface area contributed by atoms with Gasteiger partial charge in [0.25, 0.3) is 5.91 Å². The van der Waals surface area contributed by atoms with Crippen molar-refractivity contribution in [3.05, 3.63) is 45.8 Å². The number of rotatable bonds is 3. The fourth-order valence-electron chi connectivity index (χ4n) is 2.80. The molecule has 0 aliphatic heterocycles. The van der Waals surface area contributed by atoms with Gasteiger partial charge in [0.1, 0.15) is 5.00 Å². The van der Waals surface area contributed by atoms with Crippen LogP contribution in [0.15, 0.2) is 24.3 Å². The van der Waals surface area contributed by atoms with Gasteiger partial charge in [0.15, 0.2) is 0 Å². The molecule has 0 spiro atoms. The number of carbonyl (C=O) groups is 2. The minimum absolute atomic E-state index is 0.0434. The number of thiophene rings is 1. The SMILES string of the molecule is Cc1ccccc1NC(=O)c1c(NC(=O)C(F)(F)F)sc2c1CCC2. The molecule has 2 amide bonds. The number of benzene rings is 1. The Morgan fingerprint density at radius 2 is 1.84 bits per heavy atom. The van der Waals surface area contributed by atoms with E-state index in [0.29, 0.717) is 18.5 Å². The molecule has 1 aromatic carbocycles. The molecule has 3 rings (SSSR count). The second kappa shape index (κ2) is 6.51. The number of carbonyl (C=O) groups excluding carboxylic acids is 2. The number of amides is 2. The van der Waals surface area contributed by atoms with Gasteiger partial charge in [-0.3, -0.25) is 9.59 Å². The molecule has 25 heavy (non-hydrogen) atoms. The molecule has 0 fully saturated rings. The van der Waals surface area contributed by atoms with Crippen LogP contribution in [0, 0.1) is 6.92 Å². The van der Waals surface area contributed by atoms with Crippen molar-refractivity contribution >= 4 is 33.8 Å². The summed E-state index contributed by atoms with van der Waals surface area (Å²) in [7, 11) is 0. The van der Waals surface area contributed by atoms with Crippen molar-refractivity contribution in [1.29, 1.82) is 0 Å². The number of nitrogens with one attached hydrogen (secondary N) is 2. The highest BCUT2D eigenvalue weighted by Crippen LogP contribution is 2.40. The molecule has 2 N–H and O–H groups in total. The van der Waals surface area contributed by atoms with Gasteiger partial charge in [-0.1, -0.05) is 18.2 Å². The lowest BCUT2D eigenvalue weighted by Crippen LogP contribution is -2.30. The second-order valence-corrected chi connectivity index (χ2v) is 6.89. The molecule has 1 aliphatic carbocycles. The highest BCUT2D eigenvalue weighted by molar-refractivity contribution is 7.17. The molecule has 0 saturated carbocycles. The molecule has 0 bridgehead atoms. The average Bonchev–Trinajstić information content (AvgIpc) is 3.08. The van der Waals surface area contributed by atoms with E-state index < -0.39 is 18.0 Å². The molecule has 1 aliphatic rings. The molecule has 0 saturated heterocycles. The van der Waals surface area contributed by atoms with Crippen LogP contribution in [-0.4, -0.2) is 18.0 Å². The van der Waals surface area contributed by atoms with Gasteiger partial charge >= 0.3 is 12.1 Å². The lowest BCUT2D eigenvalue weighted by Gasteiger charge is -2.12. The zero-order valence-corrected chi connectivity index (χ0v) is 14.1. The summed E-state index contributed by atoms with van der Waals surface area (Å²) >= 11 is 1.04. The summed E-state index contributed by atoms with van der Waals surface area (Å²) in [6.45, 7) is 1.82. The number of alkyl halides is 3. The molecule has 4 nitrogen and oxygen atoms in total. The highest BCUT2D eigenvalue weighted by atomic mass is 32.1. The molecular weight excluding hydrogens is 353 g/mol. The Kier molecular flexibility index (Phi) is 4.55. The summed E-state index contributed by atoms with van der Waals surface area (Å²) in [4.78, 5) is 24.8. The van der Waals surface area contributed by atoms with E-state index in [0.717, 1.165) is 33.8 Å². The number of fused-ring (bicyclic) bond motifs is 1. The smallest absolute Gasteiger partial charge is 0.322 e. The summed E-state index contributed by atoms with van der Waals surface area (Å²) < 4.78 is 37.7. The van der Waals surface area contributed by atoms with E-state index >= 15 is 0 Å². The number of para-hydroxylation sites is 1. The van der Waals surface area contributed by atoms with Crippen molar-refractivity contribution < 1.29 is 22.8 Å². The van der Waals surface area contributed by atoms with E-state index in [-0.39, 0.29) is 10.6 Å². The number of aryl methyl sites for hydroxylation is 2. The molecule has 1 aromatic heterocycles. The highest BCUT2D eigenvalue weighted by Gasteiger charge is 2.40. The van der Waals surface area contributed by atoms with E-state index in [4.69, 9.17) is 0 Å². The lowest BCUT2D eigenvalue weighted by molar-refractivity contribution is -0.167. The molecule has 2 aromatic rings. The van der Waals surface area contributed by atoms with E-state index in [1.165, 1.54) is 0 Å². The van der Waals surface area contributed by atoms with Crippen LogP contribution in [0.25, 0.3) is 0 Å². The Labute approximate surface area is 146 Å². The zero-order valence-electron chi connectivity index (χ0n) is 13.3. The van der Waals surface area contributed by atoms with Gasteiger partial charge in [-0.05, 0) is 43.4 Å². The number of hydrogen-bond acceptors (Lipinski definition) is 3. The Morgan fingerprint density at radius 1 is 1.12 bits per heavy atom. The Morgan fingerprint density at radius 3 is 2.52 bits per heavy atom. The maximum atomic E-state index is 12.7. The monoisotopic (exact) mass is 368 g/mol. The Balaban J connectivity index is 1.93. The minimum atomic E-state index is -5.00. The van der Waals surface area contributed by atoms with E-state index in [9.17, 15) is 22.8 Å². The van der Waals surface area contributed by atoms with Crippen LogP contribution in [0.3, 0.4) is 0 Å². The van der Waals surface area contributed by atoms with Gasteiger partial charge in [-0.25, -0.2) is 0 Å². The predicted molar refractivity (Wildman–Crippen MR) is 90.2 cm³/mol. The minimum Gasteiger partial charge on any atom is -0.322 e. The first-order valence-corrected chi connectivity index (χ1v) is 8.48. The average molecular weight is 368 g/mol. The third-order valence-corrected chi connectivity index (χ3v) is 5.23. The van der Waals surface area contributed by atoms with Gasteiger partial charge in [0.2, 0.25) is 0 Å². The predicted octanol–water partition coefficient (Wildman–Crippen LogP) is 4.30. The van der Waals surface area contributed by atoms with Crippen LogP contribution < -0.4 is 10.6 Å². The molecule has 0 atom stereocenters. The largest absolute Gasteiger partial charge is 0.471 e. The first-order valence-electron chi connectivity index (χ1n) is 7.67. The van der Waals surface area contributed by atoms with Crippen molar-refractivity contribution in [1.82, 2.24) is 0 Å². The van der Waals surface area contributed by atoms with E-state index in [2.05, 4.69) is 5.32 Å². The molecule has 1 heterocycles. The van der Waals surface area contributed by atoms with Crippen molar-refractivity contribution in [2.24, 2.45) is 0 Å². The third-order valence-electron chi connectivity index (χ3n) is 4.03. The lowest BCUT2D eigenvalue weighted by atomic mass is 10.1. The van der Waals surface area contributed by atoms with Crippen molar-refractivity contribution in [3.8, 4) is 0 Å². The quantitative estimate of drug-likeness (QED) is 0.849. The van der Waals surface area contributed by atoms with Crippen molar-refractivity contribution in [2.75, 3.05) is 10.6 Å². The van der Waals surface area contributed by atoms with Crippen LogP contribution in [0.2, 0.25) is 0 Å². The summed E-state index contributed by atoms with van der Waals surface area (Å²) in [6.07, 6.45) is -2.84. The van der Waals surface area contributed by atoms with E-state index in [1.807, 2.05) is 24.4 Å². The summed E-state index contributed by atoms with van der Waals surface area (Å²) in [6, 6.07) is 7.11. The van der Waals surface area contributed by atoms with Crippen LogP contribution in [0.4, 0.5) is 23.9 Å². The molecule has 132 valence electrons. The van der Waals surface area contributed by atoms with Gasteiger partial charge in [0, 0.05) is 10.6 Å². The summed E-state index contributed by atoms with van der Waals surface area (Å²) in [5.41, 5.74) is 2.29. The van der Waals surface area contributed by atoms with Gasteiger partial charge in [-0.15, -0.1) is 11.3 Å². The molecule has 8 heteroatoms. The van der Waals surface area contributed by atoms with Crippen LogP contribution in [0.1, 0.15) is 32.8 Å². The van der Waals surface area contributed by atoms with Crippen molar-refractivity contribution in [3.63, 3.8) is 0 Å². The fraction of sp³-hybridized carbons (Fsp3) is 0.294. The van der Waals surface area contributed by atoms with Crippen molar-refractivity contribution in [2.45, 2.75) is 32.4 Å². The van der Waals surface area contributed by atoms with E-state index in [1.54, 1.807) is 12.1 Å². The maximum Gasteiger partial charge on any atom is 0.471 e. The second-order valence-electron chi connectivity index (χ2n) is 5.78. The topological polar surface area (TPSA) is 58.2 Å². The summed E-state index contributed by atoms with van der Waals surface area (Å²) in [5.74, 6) is -2.58. The number of halogens is 3. The first-order chi connectivity index (χ1) is 11.8. The zero-order chi connectivity index (χ0) is 18.2. The molecule has 0 radical (unpaired) electrons. The maximum absolute atomic E-state index is 12.7. The van der Waals surface area contributed by atoms with Crippen LogP contribution >= 0.6 is 11.3 Å².